The lowest BCUT2D eigenvalue weighted by molar-refractivity contribution is 0.240. The van der Waals surface area contributed by atoms with Crippen LogP contribution in [0.25, 0.3) is 11.1 Å². The molecular weight excluding hydrogens is 250 g/mol. The van der Waals surface area contributed by atoms with Crippen molar-refractivity contribution >= 4 is 11.3 Å². The van der Waals surface area contributed by atoms with Crippen molar-refractivity contribution in [1.82, 2.24) is 5.32 Å². The van der Waals surface area contributed by atoms with Crippen LogP contribution in [-0.2, 0) is 6.54 Å². The number of benzene rings is 1. The number of thiophene rings is 1. The summed E-state index contributed by atoms with van der Waals surface area (Å²) < 4.78 is 0. The molecule has 1 saturated carbocycles. The standard InChI is InChI=1S/C17H21NS/c1-13(14-8-5-9-14)18-11-17-10-16(12-19-17)15-6-3-2-4-7-15/h2-4,6-7,10,12-14,18H,5,8-9,11H2,1H3. The highest BCUT2D eigenvalue weighted by Gasteiger charge is 2.23. The third kappa shape index (κ3) is 3.07. The molecule has 0 spiro atoms. The summed E-state index contributed by atoms with van der Waals surface area (Å²) in [5.41, 5.74) is 2.66. The maximum atomic E-state index is 3.68. The van der Waals surface area contributed by atoms with E-state index in [0.29, 0.717) is 6.04 Å². The third-order valence-corrected chi connectivity index (χ3v) is 5.15. The fraction of sp³-hybridized carbons (Fsp3) is 0.412. The van der Waals surface area contributed by atoms with Crippen LogP contribution in [0.1, 0.15) is 31.1 Å². The second-order valence-corrected chi connectivity index (χ2v) is 6.52. The van der Waals surface area contributed by atoms with Crippen LogP contribution in [0.4, 0.5) is 0 Å². The average molecular weight is 271 g/mol. The summed E-state index contributed by atoms with van der Waals surface area (Å²) in [6.07, 6.45) is 4.25. The first-order valence-electron chi connectivity index (χ1n) is 7.19. The summed E-state index contributed by atoms with van der Waals surface area (Å²) in [6, 6.07) is 13.6. The molecule has 0 radical (unpaired) electrons. The largest absolute Gasteiger partial charge is 0.309 e. The summed E-state index contributed by atoms with van der Waals surface area (Å²) in [5, 5.41) is 5.94. The molecule has 0 bridgehead atoms. The first kappa shape index (κ1) is 12.9. The van der Waals surface area contributed by atoms with Crippen LogP contribution < -0.4 is 5.32 Å². The molecular formula is C17H21NS. The smallest absolute Gasteiger partial charge is 0.0302 e. The van der Waals surface area contributed by atoms with E-state index in [1.165, 1.54) is 35.3 Å². The average Bonchev–Trinajstić information content (AvgIpc) is 2.84. The normalized spacial score (nSPS) is 17.1. The quantitative estimate of drug-likeness (QED) is 0.831. The first-order chi connectivity index (χ1) is 9.33. The molecule has 1 aliphatic rings. The second-order valence-electron chi connectivity index (χ2n) is 5.53. The molecule has 1 aliphatic carbocycles. The van der Waals surface area contributed by atoms with Gasteiger partial charge in [-0.05, 0) is 48.3 Å². The Morgan fingerprint density at radius 3 is 2.68 bits per heavy atom. The Morgan fingerprint density at radius 2 is 2.00 bits per heavy atom. The SMILES string of the molecule is CC(NCc1cc(-c2ccccc2)cs1)C1CCC1. The van der Waals surface area contributed by atoms with Crippen molar-refractivity contribution in [3.63, 3.8) is 0 Å². The lowest BCUT2D eigenvalue weighted by atomic mass is 9.80. The highest BCUT2D eigenvalue weighted by molar-refractivity contribution is 7.10. The van der Waals surface area contributed by atoms with Crippen molar-refractivity contribution in [2.24, 2.45) is 5.92 Å². The Labute approximate surface area is 119 Å². The Kier molecular flexibility index (Phi) is 4.00. The summed E-state index contributed by atoms with van der Waals surface area (Å²) in [4.78, 5) is 1.44. The van der Waals surface area contributed by atoms with Gasteiger partial charge in [0, 0.05) is 17.5 Å². The summed E-state index contributed by atoms with van der Waals surface area (Å²) in [7, 11) is 0. The fourth-order valence-electron chi connectivity index (χ4n) is 2.62. The van der Waals surface area contributed by atoms with Crippen molar-refractivity contribution in [3.8, 4) is 11.1 Å². The zero-order valence-corrected chi connectivity index (χ0v) is 12.2. The Morgan fingerprint density at radius 1 is 1.21 bits per heavy atom. The molecule has 1 fully saturated rings. The summed E-state index contributed by atoms with van der Waals surface area (Å²) in [5.74, 6) is 0.911. The van der Waals surface area contributed by atoms with E-state index in [-0.39, 0.29) is 0 Å². The van der Waals surface area contributed by atoms with E-state index in [1.54, 1.807) is 0 Å². The summed E-state index contributed by atoms with van der Waals surface area (Å²) >= 11 is 1.86. The van der Waals surface area contributed by atoms with Gasteiger partial charge in [-0.3, -0.25) is 0 Å². The lowest BCUT2D eigenvalue weighted by Gasteiger charge is -2.31. The molecule has 2 aromatic rings. The van der Waals surface area contributed by atoms with Gasteiger partial charge in [-0.2, -0.15) is 0 Å². The van der Waals surface area contributed by atoms with Gasteiger partial charge in [0.1, 0.15) is 0 Å². The van der Waals surface area contributed by atoms with Crippen LogP contribution >= 0.6 is 11.3 Å². The molecule has 1 unspecified atom stereocenters. The maximum absolute atomic E-state index is 3.68. The number of hydrogen-bond donors (Lipinski definition) is 1. The molecule has 1 atom stereocenters. The lowest BCUT2D eigenvalue weighted by Crippen LogP contribution is -2.36. The van der Waals surface area contributed by atoms with Gasteiger partial charge in [-0.1, -0.05) is 36.8 Å². The number of nitrogens with one attached hydrogen (secondary N) is 1. The number of hydrogen-bond acceptors (Lipinski definition) is 2. The fourth-order valence-corrected chi connectivity index (χ4v) is 3.47. The molecule has 1 heterocycles. The zero-order valence-electron chi connectivity index (χ0n) is 11.4. The van der Waals surface area contributed by atoms with E-state index < -0.39 is 0 Å². The van der Waals surface area contributed by atoms with E-state index >= 15 is 0 Å². The van der Waals surface area contributed by atoms with Crippen molar-refractivity contribution in [2.45, 2.75) is 38.8 Å². The van der Waals surface area contributed by atoms with Crippen LogP contribution in [0.15, 0.2) is 41.8 Å². The zero-order chi connectivity index (χ0) is 13.1. The van der Waals surface area contributed by atoms with Crippen molar-refractivity contribution in [3.05, 3.63) is 46.7 Å². The molecule has 1 N–H and O–H groups in total. The van der Waals surface area contributed by atoms with Gasteiger partial charge in [0.2, 0.25) is 0 Å². The van der Waals surface area contributed by atoms with E-state index in [9.17, 15) is 0 Å². The molecule has 1 aromatic heterocycles. The maximum Gasteiger partial charge on any atom is 0.0302 e. The Balaban J connectivity index is 1.59. The predicted molar refractivity (Wildman–Crippen MR) is 83.4 cm³/mol. The Bertz CT molecular complexity index is 513. The van der Waals surface area contributed by atoms with Crippen LogP contribution in [0.2, 0.25) is 0 Å². The molecule has 100 valence electrons. The molecule has 19 heavy (non-hydrogen) atoms. The van der Waals surface area contributed by atoms with E-state index in [2.05, 4.69) is 54.0 Å². The molecule has 3 rings (SSSR count). The van der Waals surface area contributed by atoms with Crippen LogP contribution in [0.5, 0.6) is 0 Å². The first-order valence-corrected chi connectivity index (χ1v) is 8.07. The second kappa shape index (κ2) is 5.89. The van der Waals surface area contributed by atoms with Gasteiger partial charge in [0.15, 0.2) is 0 Å². The van der Waals surface area contributed by atoms with Crippen LogP contribution in [0, 0.1) is 5.92 Å². The van der Waals surface area contributed by atoms with Gasteiger partial charge >= 0.3 is 0 Å². The van der Waals surface area contributed by atoms with Gasteiger partial charge in [-0.25, -0.2) is 0 Å². The monoisotopic (exact) mass is 271 g/mol. The predicted octanol–water partition coefficient (Wildman–Crippen LogP) is 4.69. The van der Waals surface area contributed by atoms with Crippen LogP contribution in [0.3, 0.4) is 0 Å². The van der Waals surface area contributed by atoms with E-state index in [1.807, 2.05) is 11.3 Å². The molecule has 0 aliphatic heterocycles. The van der Waals surface area contributed by atoms with Crippen molar-refractivity contribution < 1.29 is 0 Å². The van der Waals surface area contributed by atoms with Gasteiger partial charge in [0.05, 0.1) is 0 Å². The van der Waals surface area contributed by atoms with Gasteiger partial charge in [-0.15, -0.1) is 11.3 Å². The minimum atomic E-state index is 0.663. The highest BCUT2D eigenvalue weighted by atomic mass is 32.1. The van der Waals surface area contributed by atoms with Crippen LogP contribution in [-0.4, -0.2) is 6.04 Å². The Hall–Kier alpha value is -1.12. The third-order valence-electron chi connectivity index (χ3n) is 4.22. The topological polar surface area (TPSA) is 12.0 Å². The molecule has 0 amide bonds. The minimum absolute atomic E-state index is 0.663. The van der Waals surface area contributed by atoms with Gasteiger partial charge < -0.3 is 5.32 Å². The van der Waals surface area contributed by atoms with E-state index in [4.69, 9.17) is 0 Å². The van der Waals surface area contributed by atoms with E-state index in [0.717, 1.165) is 12.5 Å². The molecule has 1 aromatic carbocycles. The highest BCUT2D eigenvalue weighted by Crippen LogP contribution is 2.30. The van der Waals surface area contributed by atoms with Gasteiger partial charge in [0.25, 0.3) is 0 Å². The molecule has 1 nitrogen and oxygen atoms in total. The number of rotatable bonds is 5. The van der Waals surface area contributed by atoms with Crippen molar-refractivity contribution in [2.75, 3.05) is 0 Å². The minimum Gasteiger partial charge on any atom is -0.309 e. The van der Waals surface area contributed by atoms with Crippen molar-refractivity contribution in [1.29, 1.82) is 0 Å². The molecule has 0 saturated heterocycles. The molecule has 2 heteroatoms. The summed E-state index contributed by atoms with van der Waals surface area (Å²) in [6.45, 7) is 3.34.